The average molecular weight is 209 g/mol. The Balaban J connectivity index is 1.87. The average Bonchev–Trinajstić information content (AvgIpc) is 3.03. The molecule has 0 aromatic heterocycles. The summed E-state index contributed by atoms with van der Waals surface area (Å²) >= 11 is 0. The number of rotatable bonds is 2. The molecular formula is C12H21N2O+. The zero-order valence-corrected chi connectivity index (χ0v) is 9.94. The van der Waals surface area contributed by atoms with Crippen molar-refractivity contribution in [3.63, 3.8) is 0 Å². The number of hydrogen-bond donors (Lipinski definition) is 0. The van der Waals surface area contributed by atoms with Gasteiger partial charge in [0.05, 0.1) is 13.6 Å². The summed E-state index contributed by atoms with van der Waals surface area (Å²) in [5.41, 5.74) is 0. The zero-order chi connectivity index (χ0) is 10.6. The first-order valence-electron chi connectivity index (χ1n) is 6.17. The van der Waals surface area contributed by atoms with Gasteiger partial charge in [-0.3, -0.25) is 0 Å². The monoisotopic (exact) mass is 209 g/mol. The van der Waals surface area contributed by atoms with Gasteiger partial charge in [0.1, 0.15) is 18.7 Å². The highest BCUT2D eigenvalue weighted by Crippen LogP contribution is 2.50. The van der Waals surface area contributed by atoms with Gasteiger partial charge < -0.3 is 4.74 Å². The van der Waals surface area contributed by atoms with Crippen molar-refractivity contribution >= 4 is 6.02 Å². The first-order chi connectivity index (χ1) is 7.14. The van der Waals surface area contributed by atoms with Gasteiger partial charge in [-0.05, 0) is 0 Å². The third-order valence-electron chi connectivity index (χ3n) is 4.49. The van der Waals surface area contributed by atoms with E-state index < -0.39 is 0 Å². The fourth-order valence-corrected chi connectivity index (χ4v) is 3.24. The lowest BCUT2D eigenvalue weighted by Crippen LogP contribution is -2.54. The maximum atomic E-state index is 5.74. The molecule has 1 aliphatic heterocycles. The van der Waals surface area contributed by atoms with Gasteiger partial charge in [-0.15, -0.1) is 0 Å². The fraction of sp³-hybridized carbons (Fsp3) is 0.917. The minimum absolute atomic E-state index is 0.775. The molecule has 0 saturated heterocycles. The van der Waals surface area contributed by atoms with Gasteiger partial charge in [-0.25, -0.2) is 4.48 Å². The van der Waals surface area contributed by atoms with E-state index in [-0.39, 0.29) is 0 Å². The number of hydrogen-bond acceptors (Lipinski definition) is 2. The van der Waals surface area contributed by atoms with Crippen LogP contribution < -0.4 is 0 Å². The van der Waals surface area contributed by atoms with Crippen LogP contribution in [0.15, 0.2) is 4.99 Å². The minimum atomic E-state index is 0.775. The smallest absolute Gasteiger partial charge is 0.394 e. The van der Waals surface area contributed by atoms with Crippen LogP contribution in [0.5, 0.6) is 0 Å². The van der Waals surface area contributed by atoms with Gasteiger partial charge in [0.25, 0.3) is 0 Å². The molecule has 0 spiro atoms. The second kappa shape index (κ2) is 2.97. The SMILES string of the molecule is CC1CC1[N+](C)(C1=NCCO1)C1CC1C. The second-order valence-electron chi connectivity index (χ2n) is 5.72. The Kier molecular flexibility index (Phi) is 1.91. The van der Waals surface area contributed by atoms with Crippen molar-refractivity contribution in [3.05, 3.63) is 0 Å². The molecule has 0 amide bonds. The molecule has 4 unspecified atom stereocenters. The van der Waals surface area contributed by atoms with Crippen molar-refractivity contribution in [1.82, 2.24) is 0 Å². The molecule has 84 valence electrons. The first kappa shape index (κ1) is 9.64. The largest absolute Gasteiger partial charge is 0.435 e. The van der Waals surface area contributed by atoms with Crippen molar-refractivity contribution in [2.24, 2.45) is 16.8 Å². The summed E-state index contributed by atoms with van der Waals surface area (Å²) in [6.45, 7) is 6.37. The predicted octanol–water partition coefficient (Wildman–Crippen LogP) is 1.64. The van der Waals surface area contributed by atoms with Crippen LogP contribution in [0, 0.1) is 11.8 Å². The van der Waals surface area contributed by atoms with E-state index in [2.05, 4.69) is 25.9 Å². The van der Waals surface area contributed by atoms with Crippen LogP contribution in [0.1, 0.15) is 26.7 Å². The first-order valence-corrected chi connectivity index (χ1v) is 6.17. The Bertz CT molecular complexity index is 297. The Hall–Kier alpha value is -0.570. The molecule has 0 aromatic carbocycles. The maximum absolute atomic E-state index is 5.74. The molecule has 0 radical (unpaired) electrons. The van der Waals surface area contributed by atoms with Gasteiger partial charge in [-0.2, -0.15) is 4.99 Å². The molecule has 15 heavy (non-hydrogen) atoms. The van der Waals surface area contributed by atoms with E-state index in [1.165, 1.54) is 12.8 Å². The van der Waals surface area contributed by atoms with Gasteiger partial charge in [0.2, 0.25) is 0 Å². The number of nitrogens with zero attached hydrogens (tertiary/aromatic N) is 2. The summed E-state index contributed by atoms with van der Waals surface area (Å²) in [4.78, 5) is 4.57. The third-order valence-corrected chi connectivity index (χ3v) is 4.49. The number of ether oxygens (including phenoxy) is 1. The van der Waals surface area contributed by atoms with Crippen LogP contribution in [-0.4, -0.2) is 42.8 Å². The number of amidine groups is 1. The molecular weight excluding hydrogens is 188 g/mol. The van der Waals surface area contributed by atoms with Gasteiger partial charge in [-0.1, -0.05) is 13.8 Å². The second-order valence-corrected chi connectivity index (χ2v) is 5.72. The van der Waals surface area contributed by atoms with E-state index in [4.69, 9.17) is 4.74 Å². The Morgan fingerprint density at radius 1 is 1.20 bits per heavy atom. The zero-order valence-electron chi connectivity index (χ0n) is 9.94. The summed E-state index contributed by atoms with van der Waals surface area (Å²) in [7, 11) is 2.34. The molecule has 3 aliphatic rings. The molecule has 4 atom stereocenters. The lowest BCUT2D eigenvalue weighted by molar-refractivity contribution is -0.855. The molecule has 2 aliphatic carbocycles. The topological polar surface area (TPSA) is 21.6 Å². The minimum Gasteiger partial charge on any atom is -0.435 e. The molecule has 2 saturated carbocycles. The summed E-state index contributed by atoms with van der Waals surface area (Å²) in [6.07, 6.45) is 2.70. The highest BCUT2D eigenvalue weighted by Gasteiger charge is 2.62. The molecule has 1 heterocycles. The lowest BCUT2D eigenvalue weighted by atomic mass is 10.3. The maximum Gasteiger partial charge on any atom is 0.394 e. The standard InChI is InChI=1S/C12H21N2O/c1-8-6-10(8)14(3,11-7-9(11)2)12-13-4-5-15-12/h8-11H,4-7H2,1-3H3/q+1. The Morgan fingerprint density at radius 2 is 1.73 bits per heavy atom. The van der Waals surface area contributed by atoms with Crippen molar-refractivity contribution in [2.45, 2.75) is 38.8 Å². The van der Waals surface area contributed by atoms with Crippen LogP contribution in [-0.2, 0) is 4.74 Å². The van der Waals surface area contributed by atoms with Crippen LogP contribution in [0.2, 0.25) is 0 Å². The van der Waals surface area contributed by atoms with E-state index >= 15 is 0 Å². The summed E-state index contributed by atoms with van der Waals surface area (Å²) in [5, 5.41) is 0. The molecule has 3 nitrogen and oxygen atoms in total. The van der Waals surface area contributed by atoms with Crippen LogP contribution >= 0.6 is 0 Å². The van der Waals surface area contributed by atoms with E-state index in [0.29, 0.717) is 0 Å². The van der Waals surface area contributed by atoms with E-state index in [1.807, 2.05) is 0 Å². The van der Waals surface area contributed by atoms with Gasteiger partial charge in [0.15, 0.2) is 0 Å². The van der Waals surface area contributed by atoms with Crippen molar-refractivity contribution in [1.29, 1.82) is 0 Å². The van der Waals surface area contributed by atoms with E-state index in [0.717, 1.165) is 47.6 Å². The predicted molar refractivity (Wildman–Crippen MR) is 59.6 cm³/mol. The van der Waals surface area contributed by atoms with Gasteiger partial charge in [0, 0.05) is 24.7 Å². The number of aliphatic imine (C=N–C) groups is 1. The normalized spacial score (nSPS) is 46.7. The highest BCUT2D eigenvalue weighted by molar-refractivity contribution is 5.68. The summed E-state index contributed by atoms with van der Waals surface area (Å²) in [5.74, 6) is 1.71. The highest BCUT2D eigenvalue weighted by atomic mass is 16.5. The van der Waals surface area contributed by atoms with Crippen molar-refractivity contribution in [3.8, 4) is 0 Å². The molecule has 3 heteroatoms. The molecule has 2 fully saturated rings. The van der Waals surface area contributed by atoms with E-state index in [1.54, 1.807) is 0 Å². The third kappa shape index (κ3) is 1.32. The Morgan fingerprint density at radius 3 is 2.07 bits per heavy atom. The number of quaternary nitrogens is 1. The molecule has 0 N–H and O–H groups in total. The quantitative estimate of drug-likeness (QED) is 0.634. The molecule has 0 aromatic rings. The fourth-order valence-electron chi connectivity index (χ4n) is 3.24. The summed E-state index contributed by atoms with van der Waals surface area (Å²) in [6, 6.07) is 2.58. The van der Waals surface area contributed by atoms with Crippen molar-refractivity contribution in [2.75, 3.05) is 20.2 Å². The van der Waals surface area contributed by atoms with E-state index in [9.17, 15) is 0 Å². The molecule has 0 bridgehead atoms. The summed E-state index contributed by atoms with van der Waals surface area (Å²) < 4.78 is 6.74. The van der Waals surface area contributed by atoms with Crippen LogP contribution in [0.4, 0.5) is 0 Å². The van der Waals surface area contributed by atoms with Crippen molar-refractivity contribution < 1.29 is 9.22 Å². The van der Waals surface area contributed by atoms with Crippen LogP contribution in [0.3, 0.4) is 0 Å². The molecule has 3 rings (SSSR count). The lowest BCUT2D eigenvalue weighted by Gasteiger charge is -2.33. The van der Waals surface area contributed by atoms with Gasteiger partial charge >= 0.3 is 6.02 Å². The van der Waals surface area contributed by atoms with Crippen LogP contribution in [0.25, 0.3) is 0 Å². The Labute approximate surface area is 91.7 Å².